The minimum atomic E-state index is 1.02. The molecule has 0 aliphatic rings. The number of nitrogens with zero attached hydrogens (tertiary/aromatic N) is 3. The fraction of sp³-hybridized carbons (Fsp3) is 0.125. The highest BCUT2D eigenvalue weighted by molar-refractivity contribution is 7.20. The van der Waals surface area contributed by atoms with Gasteiger partial charge in [-0.3, -0.25) is 0 Å². The lowest BCUT2D eigenvalue weighted by atomic mass is 10.1. The third kappa shape index (κ3) is 2.02. The van der Waals surface area contributed by atoms with Crippen LogP contribution in [0.2, 0.25) is 0 Å². The summed E-state index contributed by atoms with van der Waals surface area (Å²) in [5.41, 5.74) is 3.33. The zero-order chi connectivity index (χ0) is 14.1. The fourth-order valence-electron chi connectivity index (χ4n) is 2.41. The maximum Gasteiger partial charge on any atom is 0.126 e. The van der Waals surface area contributed by atoms with Crippen LogP contribution in [-0.2, 0) is 0 Å². The van der Waals surface area contributed by atoms with E-state index in [1.165, 1.54) is 11.6 Å². The van der Waals surface area contributed by atoms with Gasteiger partial charge in [-0.2, -0.15) is 5.26 Å². The minimum Gasteiger partial charge on any atom is -0.322 e. The highest BCUT2D eigenvalue weighted by Gasteiger charge is 2.15. The summed E-state index contributed by atoms with van der Waals surface area (Å²) >= 11 is 1.62. The molecule has 0 fully saturated rings. The Bertz CT molecular complexity index is 833. The van der Waals surface area contributed by atoms with E-state index >= 15 is 0 Å². The van der Waals surface area contributed by atoms with Crippen LogP contribution < -0.4 is 0 Å². The highest BCUT2D eigenvalue weighted by atomic mass is 32.1. The Morgan fingerprint density at radius 1 is 1.30 bits per heavy atom. The standard InChI is InChI=1S/C16H13N3S/c1-11-10-12(2)18-16-14(11)15(19-8-3-4-9-19)13(20-16)6-5-7-17/h3-6,8-10H,1-2H3. The van der Waals surface area contributed by atoms with Crippen LogP contribution >= 0.6 is 11.3 Å². The van der Waals surface area contributed by atoms with Crippen LogP contribution in [0.4, 0.5) is 0 Å². The zero-order valence-electron chi connectivity index (χ0n) is 11.3. The molecule has 3 aromatic heterocycles. The summed E-state index contributed by atoms with van der Waals surface area (Å²) in [6.07, 6.45) is 7.41. The number of pyridine rings is 1. The number of fused-ring (bicyclic) bond motifs is 1. The van der Waals surface area contributed by atoms with Gasteiger partial charge in [0.1, 0.15) is 4.83 Å². The predicted molar refractivity (Wildman–Crippen MR) is 83.1 cm³/mol. The van der Waals surface area contributed by atoms with Crippen LogP contribution in [0.1, 0.15) is 16.1 Å². The second-order valence-electron chi connectivity index (χ2n) is 4.63. The van der Waals surface area contributed by atoms with E-state index in [0.717, 1.165) is 26.5 Å². The van der Waals surface area contributed by atoms with Crippen LogP contribution in [0.25, 0.3) is 22.0 Å². The van der Waals surface area contributed by atoms with Gasteiger partial charge in [0.05, 0.1) is 16.6 Å². The Hall–Kier alpha value is -2.38. The second kappa shape index (κ2) is 4.95. The van der Waals surface area contributed by atoms with E-state index < -0.39 is 0 Å². The lowest BCUT2D eigenvalue weighted by molar-refractivity contribution is 1.09. The summed E-state index contributed by atoms with van der Waals surface area (Å²) in [4.78, 5) is 6.70. The van der Waals surface area contributed by atoms with Crippen molar-refractivity contribution in [2.24, 2.45) is 0 Å². The molecule has 98 valence electrons. The molecule has 20 heavy (non-hydrogen) atoms. The third-order valence-corrected chi connectivity index (χ3v) is 4.20. The van der Waals surface area contributed by atoms with Gasteiger partial charge in [-0.1, -0.05) is 0 Å². The zero-order valence-corrected chi connectivity index (χ0v) is 12.1. The number of nitriles is 1. The lowest BCUT2D eigenvalue weighted by Crippen LogP contribution is -1.92. The van der Waals surface area contributed by atoms with Crippen LogP contribution in [0.3, 0.4) is 0 Å². The van der Waals surface area contributed by atoms with E-state index in [1.807, 2.05) is 37.5 Å². The first kappa shape index (κ1) is 12.6. The number of rotatable bonds is 2. The molecule has 3 heterocycles. The van der Waals surface area contributed by atoms with Crippen LogP contribution in [0.15, 0.2) is 36.7 Å². The number of hydrogen-bond donors (Lipinski definition) is 0. The van der Waals surface area contributed by atoms with Crippen LogP contribution in [0.5, 0.6) is 0 Å². The lowest BCUT2D eigenvalue weighted by Gasteiger charge is -2.05. The van der Waals surface area contributed by atoms with Crippen molar-refractivity contribution in [3.63, 3.8) is 0 Å². The maximum atomic E-state index is 8.77. The van der Waals surface area contributed by atoms with E-state index in [1.54, 1.807) is 11.3 Å². The molecule has 0 radical (unpaired) electrons. The van der Waals surface area contributed by atoms with Crippen molar-refractivity contribution in [3.8, 4) is 11.8 Å². The molecule has 0 amide bonds. The Balaban J connectivity index is 2.39. The third-order valence-electron chi connectivity index (χ3n) is 3.16. The normalized spacial score (nSPS) is 11.2. The van der Waals surface area contributed by atoms with Crippen molar-refractivity contribution in [1.82, 2.24) is 9.55 Å². The summed E-state index contributed by atoms with van der Waals surface area (Å²) in [7, 11) is 0. The van der Waals surface area contributed by atoms with Crippen LogP contribution in [0, 0.1) is 25.2 Å². The van der Waals surface area contributed by atoms with Gasteiger partial charge in [-0.05, 0) is 43.7 Å². The number of aryl methyl sites for hydroxylation is 2. The average Bonchev–Trinajstić information content (AvgIpc) is 3.02. The van der Waals surface area contributed by atoms with Crippen molar-refractivity contribution < 1.29 is 0 Å². The first-order chi connectivity index (χ1) is 9.70. The molecule has 4 heteroatoms. The van der Waals surface area contributed by atoms with Gasteiger partial charge < -0.3 is 4.57 Å². The Labute approximate surface area is 121 Å². The van der Waals surface area contributed by atoms with Crippen molar-refractivity contribution in [2.75, 3.05) is 0 Å². The molecule has 0 unspecified atom stereocenters. The van der Waals surface area contributed by atoms with Gasteiger partial charge in [0.25, 0.3) is 0 Å². The summed E-state index contributed by atoms with van der Waals surface area (Å²) in [6.45, 7) is 4.11. The van der Waals surface area contributed by atoms with Crippen molar-refractivity contribution in [2.45, 2.75) is 13.8 Å². The largest absolute Gasteiger partial charge is 0.322 e. The monoisotopic (exact) mass is 279 g/mol. The van der Waals surface area contributed by atoms with Gasteiger partial charge in [-0.25, -0.2) is 4.98 Å². The molecule has 0 aromatic carbocycles. The summed E-state index contributed by atoms with van der Waals surface area (Å²) in [5, 5.41) is 9.93. The van der Waals surface area contributed by atoms with Crippen molar-refractivity contribution in [1.29, 1.82) is 5.26 Å². The predicted octanol–water partition coefficient (Wildman–Crippen LogP) is 4.24. The number of thiophene rings is 1. The van der Waals surface area contributed by atoms with Crippen molar-refractivity contribution >= 4 is 27.6 Å². The number of allylic oxidation sites excluding steroid dienone is 1. The van der Waals surface area contributed by atoms with Gasteiger partial charge in [0, 0.05) is 29.5 Å². The molecule has 0 saturated carbocycles. The molecule has 0 atom stereocenters. The number of aromatic nitrogens is 2. The van der Waals surface area contributed by atoms with Gasteiger partial charge in [-0.15, -0.1) is 11.3 Å². The SMILES string of the molecule is Cc1cc(C)c2c(-n3cccc3)c(C=CC#N)sc2n1. The molecule has 3 nitrogen and oxygen atoms in total. The Kier molecular flexibility index (Phi) is 3.13. The van der Waals surface area contributed by atoms with Crippen molar-refractivity contribution in [3.05, 3.63) is 52.8 Å². The molecule has 0 bridgehead atoms. The van der Waals surface area contributed by atoms with Crippen LogP contribution in [-0.4, -0.2) is 9.55 Å². The molecule has 3 rings (SSSR count). The molecule has 0 spiro atoms. The number of hydrogen-bond acceptors (Lipinski definition) is 3. The van der Waals surface area contributed by atoms with E-state index in [9.17, 15) is 0 Å². The molecule has 0 saturated heterocycles. The topological polar surface area (TPSA) is 41.6 Å². The maximum absolute atomic E-state index is 8.77. The van der Waals surface area contributed by atoms with E-state index in [4.69, 9.17) is 5.26 Å². The van der Waals surface area contributed by atoms with E-state index in [2.05, 4.69) is 28.6 Å². The second-order valence-corrected chi connectivity index (χ2v) is 5.66. The quantitative estimate of drug-likeness (QED) is 0.658. The molecule has 0 aliphatic carbocycles. The summed E-state index contributed by atoms with van der Waals surface area (Å²) in [6, 6.07) is 8.15. The van der Waals surface area contributed by atoms with E-state index in [-0.39, 0.29) is 0 Å². The molecular weight excluding hydrogens is 266 g/mol. The minimum absolute atomic E-state index is 1.02. The Morgan fingerprint density at radius 2 is 2.05 bits per heavy atom. The molecule has 3 aromatic rings. The van der Waals surface area contributed by atoms with Gasteiger partial charge in [0.2, 0.25) is 0 Å². The first-order valence-electron chi connectivity index (χ1n) is 6.31. The molecule has 0 N–H and O–H groups in total. The van der Waals surface area contributed by atoms with E-state index in [0.29, 0.717) is 0 Å². The Morgan fingerprint density at radius 3 is 2.75 bits per heavy atom. The molecular formula is C16H13N3S. The molecule has 0 aliphatic heterocycles. The summed E-state index contributed by atoms with van der Waals surface area (Å²) in [5.74, 6) is 0. The summed E-state index contributed by atoms with van der Waals surface area (Å²) < 4.78 is 2.08. The fourth-order valence-corrected chi connectivity index (χ4v) is 3.60. The van der Waals surface area contributed by atoms with Gasteiger partial charge >= 0.3 is 0 Å². The first-order valence-corrected chi connectivity index (χ1v) is 7.12. The average molecular weight is 279 g/mol. The van der Waals surface area contributed by atoms with Gasteiger partial charge in [0.15, 0.2) is 0 Å². The smallest absolute Gasteiger partial charge is 0.126 e. The highest BCUT2D eigenvalue weighted by Crippen LogP contribution is 2.36.